The molecule has 1 aliphatic rings. The average Bonchev–Trinajstić information content (AvgIpc) is 2.65. The lowest BCUT2D eigenvalue weighted by molar-refractivity contribution is 0.0926. The van der Waals surface area contributed by atoms with Gasteiger partial charge >= 0.3 is 0 Å². The van der Waals surface area contributed by atoms with Crippen LogP contribution in [0.3, 0.4) is 0 Å². The summed E-state index contributed by atoms with van der Waals surface area (Å²) in [5.74, 6) is -0.614. The van der Waals surface area contributed by atoms with Crippen LogP contribution in [0.25, 0.3) is 0 Å². The van der Waals surface area contributed by atoms with Gasteiger partial charge in [-0.05, 0) is 49.2 Å². The molecule has 0 saturated heterocycles. The Bertz CT molecular complexity index is 752. The maximum absolute atomic E-state index is 12.5. The van der Waals surface area contributed by atoms with Crippen LogP contribution in [0.1, 0.15) is 31.8 Å². The minimum Gasteiger partial charge on any atom is -0.268 e. The minimum atomic E-state index is -0.318. The third-order valence-electron chi connectivity index (χ3n) is 3.67. The van der Waals surface area contributed by atoms with Crippen molar-refractivity contribution in [2.75, 3.05) is 4.90 Å². The highest BCUT2D eigenvalue weighted by atomic mass is 35.5. The number of halogens is 1. The van der Waals surface area contributed by atoms with E-state index >= 15 is 0 Å². The van der Waals surface area contributed by atoms with Gasteiger partial charge in [-0.1, -0.05) is 23.7 Å². The second kappa shape index (κ2) is 4.46. The van der Waals surface area contributed by atoms with Gasteiger partial charge < -0.3 is 0 Å². The number of imide groups is 1. The van der Waals surface area contributed by atoms with Gasteiger partial charge in [0.15, 0.2) is 0 Å². The molecule has 100 valence electrons. The molecular formula is C16H12ClNO2. The molecule has 1 aliphatic heterocycles. The number of amides is 2. The summed E-state index contributed by atoms with van der Waals surface area (Å²) in [6.07, 6.45) is 0. The van der Waals surface area contributed by atoms with Crippen molar-refractivity contribution in [1.29, 1.82) is 0 Å². The summed E-state index contributed by atoms with van der Waals surface area (Å²) in [4.78, 5) is 26.1. The van der Waals surface area contributed by atoms with Crippen molar-refractivity contribution in [1.82, 2.24) is 0 Å². The van der Waals surface area contributed by atoms with Crippen LogP contribution in [-0.2, 0) is 0 Å². The summed E-state index contributed by atoms with van der Waals surface area (Å²) in [6.45, 7) is 3.86. The number of benzene rings is 2. The molecule has 1 heterocycles. The number of nitrogens with zero attached hydrogens (tertiary/aromatic N) is 1. The lowest BCUT2D eigenvalue weighted by Crippen LogP contribution is -2.30. The standard InChI is InChI=1S/C16H12ClNO2/c1-9-4-3-5-14(10(9)2)18-15(19)12-7-6-11(17)8-13(12)16(18)20/h3-8H,1-2H3. The zero-order chi connectivity index (χ0) is 14.4. The molecule has 3 nitrogen and oxygen atoms in total. The Hall–Kier alpha value is -2.13. The van der Waals surface area contributed by atoms with Gasteiger partial charge in [0.25, 0.3) is 11.8 Å². The highest BCUT2D eigenvalue weighted by molar-refractivity contribution is 6.36. The number of aryl methyl sites for hydroxylation is 1. The number of rotatable bonds is 1. The Morgan fingerprint density at radius 2 is 1.65 bits per heavy atom. The molecule has 20 heavy (non-hydrogen) atoms. The first-order valence-electron chi connectivity index (χ1n) is 6.25. The molecule has 3 rings (SSSR count). The van der Waals surface area contributed by atoms with Crippen molar-refractivity contribution in [3.63, 3.8) is 0 Å². The molecule has 0 bridgehead atoms. The van der Waals surface area contributed by atoms with Crippen LogP contribution < -0.4 is 4.90 Å². The van der Waals surface area contributed by atoms with Gasteiger partial charge in [0.1, 0.15) is 0 Å². The largest absolute Gasteiger partial charge is 0.268 e. The lowest BCUT2D eigenvalue weighted by atomic mass is 10.1. The zero-order valence-corrected chi connectivity index (χ0v) is 11.9. The predicted octanol–water partition coefficient (Wildman–Crippen LogP) is 3.76. The first-order valence-corrected chi connectivity index (χ1v) is 6.63. The quantitative estimate of drug-likeness (QED) is 0.748. The molecule has 0 N–H and O–H groups in total. The molecule has 0 fully saturated rings. The lowest BCUT2D eigenvalue weighted by Gasteiger charge is -2.17. The number of anilines is 1. The minimum absolute atomic E-state index is 0.296. The van der Waals surface area contributed by atoms with Crippen molar-refractivity contribution in [2.24, 2.45) is 0 Å². The molecule has 0 radical (unpaired) electrons. The maximum Gasteiger partial charge on any atom is 0.266 e. The molecule has 0 unspecified atom stereocenters. The van der Waals surface area contributed by atoms with Crippen molar-refractivity contribution >= 4 is 29.1 Å². The Morgan fingerprint density at radius 3 is 2.40 bits per heavy atom. The summed E-state index contributed by atoms with van der Waals surface area (Å²) < 4.78 is 0. The van der Waals surface area contributed by atoms with E-state index in [2.05, 4.69) is 0 Å². The van der Waals surface area contributed by atoms with E-state index in [9.17, 15) is 9.59 Å². The topological polar surface area (TPSA) is 37.4 Å². The SMILES string of the molecule is Cc1cccc(N2C(=O)c3ccc(Cl)cc3C2=O)c1C. The highest BCUT2D eigenvalue weighted by Gasteiger charge is 2.37. The molecule has 0 spiro atoms. The number of carbonyl (C=O) groups excluding carboxylic acids is 2. The van der Waals surface area contributed by atoms with Crippen LogP contribution in [0, 0.1) is 13.8 Å². The zero-order valence-electron chi connectivity index (χ0n) is 11.1. The van der Waals surface area contributed by atoms with E-state index < -0.39 is 0 Å². The Labute approximate surface area is 121 Å². The fourth-order valence-electron chi connectivity index (χ4n) is 2.41. The van der Waals surface area contributed by atoms with E-state index in [1.807, 2.05) is 26.0 Å². The summed E-state index contributed by atoms with van der Waals surface area (Å²) in [6, 6.07) is 10.3. The fraction of sp³-hybridized carbons (Fsp3) is 0.125. The van der Waals surface area contributed by atoms with Crippen LogP contribution in [0.15, 0.2) is 36.4 Å². The second-order valence-corrected chi connectivity index (χ2v) is 5.29. The highest BCUT2D eigenvalue weighted by Crippen LogP contribution is 2.32. The second-order valence-electron chi connectivity index (χ2n) is 4.85. The van der Waals surface area contributed by atoms with E-state index in [0.29, 0.717) is 21.8 Å². The van der Waals surface area contributed by atoms with Gasteiger partial charge in [-0.15, -0.1) is 0 Å². The van der Waals surface area contributed by atoms with Crippen molar-refractivity contribution in [3.05, 3.63) is 63.7 Å². The number of fused-ring (bicyclic) bond motifs is 1. The average molecular weight is 286 g/mol. The smallest absolute Gasteiger partial charge is 0.266 e. The Kier molecular flexibility index (Phi) is 2.87. The summed E-state index contributed by atoms with van der Waals surface area (Å²) in [7, 11) is 0. The third-order valence-corrected chi connectivity index (χ3v) is 3.90. The van der Waals surface area contributed by atoms with Gasteiger partial charge in [0, 0.05) is 5.02 Å². The Morgan fingerprint density at radius 1 is 0.950 bits per heavy atom. The number of carbonyl (C=O) groups is 2. The molecule has 2 aromatic rings. The summed E-state index contributed by atoms with van der Waals surface area (Å²) >= 11 is 5.90. The summed E-state index contributed by atoms with van der Waals surface area (Å²) in [5.41, 5.74) is 3.36. The maximum atomic E-state index is 12.5. The molecule has 4 heteroatoms. The molecular weight excluding hydrogens is 274 g/mol. The molecule has 2 aromatic carbocycles. The predicted molar refractivity (Wildman–Crippen MR) is 78.5 cm³/mol. The van der Waals surface area contributed by atoms with Crippen LogP contribution >= 0.6 is 11.6 Å². The van der Waals surface area contributed by atoms with Crippen molar-refractivity contribution in [2.45, 2.75) is 13.8 Å². The van der Waals surface area contributed by atoms with E-state index in [1.165, 1.54) is 4.90 Å². The van der Waals surface area contributed by atoms with E-state index in [0.717, 1.165) is 11.1 Å². The van der Waals surface area contributed by atoms with Crippen molar-refractivity contribution < 1.29 is 9.59 Å². The fourth-order valence-corrected chi connectivity index (χ4v) is 2.58. The summed E-state index contributed by atoms with van der Waals surface area (Å²) in [5, 5.41) is 0.452. The molecule has 0 atom stereocenters. The van der Waals surface area contributed by atoms with Gasteiger partial charge in [0.05, 0.1) is 16.8 Å². The van der Waals surface area contributed by atoms with Crippen LogP contribution in [-0.4, -0.2) is 11.8 Å². The van der Waals surface area contributed by atoms with Gasteiger partial charge in [0.2, 0.25) is 0 Å². The first-order chi connectivity index (χ1) is 9.50. The Balaban J connectivity index is 2.17. The van der Waals surface area contributed by atoms with Gasteiger partial charge in [-0.2, -0.15) is 0 Å². The molecule has 2 amide bonds. The van der Waals surface area contributed by atoms with E-state index in [4.69, 9.17) is 11.6 Å². The van der Waals surface area contributed by atoms with Crippen molar-refractivity contribution in [3.8, 4) is 0 Å². The van der Waals surface area contributed by atoms with Crippen LogP contribution in [0.4, 0.5) is 5.69 Å². The third kappa shape index (κ3) is 1.74. The molecule has 0 aliphatic carbocycles. The monoisotopic (exact) mass is 285 g/mol. The van der Waals surface area contributed by atoms with Crippen LogP contribution in [0.2, 0.25) is 5.02 Å². The molecule has 0 saturated carbocycles. The van der Waals surface area contributed by atoms with Crippen LogP contribution in [0.5, 0.6) is 0 Å². The van der Waals surface area contributed by atoms with E-state index in [1.54, 1.807) is 24.3 Å². The number of hydrogen-bond donors (Lipinski definition) is 0. The number of hydrogen-bond acceptors (Lipinski definition) is 2. The normalized spacial score (nSPS) is 13.8. The van der Waals surface area contributed by atoms with Gasteiger partial charge in [-0.25, -0.2) is 4.90 Å². The molecule has 0 aromatic heterocycles. The van der Waals surface area contributed by atoms with Gasteiger partial charge in [-0.3, -0.25) is 9.59 Å². The van der Waals surface area contributed by atoms with E-state index in [-0.39, 0.29) is 11.8 Å². The first kappa shape index (κ1) is 12.9.